The molecule has 2 aliphatic heterocycles. The van der Waals surface area contributed by atoms with Gasteiger partial charge in [0.1, 0.15) is 0 Å². The molecule has 2 N–H and O–H groups in total. The minimum Gasteiger partial charge on any atom is -0.379 e. The van der Waals surface area contributed by atoms with Crippen LogP contribution in [0, 0.1) is 0 Å². The van der Waals surface area contributed by atoms with Crippen LogP contribution in [0.1, 0.15) is 31.2 Å². The summed E-state index contributed by atoms with van der Waals surface area (Å²) in [6, 6.07) is 7.26. The summed E-state index contributed by atoms with van der Waals surface area (Å²) in [5.41, 5.74) is 1.61. The third kappa shape index (κ3) is 12.7. The van der Waals surface area contributed by atoms with Crippen LogP contribution in [0.25, 0.3) is 0 Å². The lowest BCUT2D eigenvalue weighted by atomic mass is 10.1. The van der Waals surface area contributed by atoms with Gasteiger partial charge in [-0.3, -0.25) is 38.6 Å². The molecule has 0 saturated carbocycles. The average molecular weight is 617 g/mol. The zero-order valence-electron chi connectivity index (χ0n) is 24.8. The van der Waals surface area contributed by atoms with Crippen molar-refractivity contribution in [3.05, 3.63) is 42.0 Å². The number of β-lactam (4-membered cyclic amide) rings is 1. The van der Waals surface area contributed by atoms with Gasteiger partial charge in [-0.2, -0.15) is 0 Å². The molecule has 0 aromatic heterocycles. The standard InChI is InChI=1S/C30H40N4O10/c35-25(9-13-33-28(38)7-8-29(33)39)31-12-16-42-18-20-44-22-21-43-19-17-41-15-11-26(36)32-24-4-1-23(2-5-24)3-6-27(37)34-14-10-30(34)40/h1-2,4-5,7-8H,3,6,9-22H2,(H,31,35)(H,32,36). The Hall–Kier alpha value is -3.98. The van der Waals surface area contributed by atoms with E-state index in [1.165, 1.54) is 17.1 Å². The molecule has 44 heavy (non-hydrogen) atoms. The van der Waals surface area contributed by atoms with Crippen molar-refractivity contribution in [3.63, 3.8) is 0 Å². The van der Waals surface area contributed by atoms with Crippen molar-refractivity contribution in [2.45, 2.75) is 32.1 Å². The first-order valence-corrected chi connectivity index (χ1v) is 14.7. The highest BCUT2D eigenvalue weighted by Crippen LogP contribution is 2.15. The number of carbonyl (C=O) groups excluding carboxylic acids is 6. The maximum atomic E-state index is 12.1. The van der Waals surface area contributed by atoms with E-state index in [1.807, 2.05) is 12.1 Å². The number of hydrogen-bond donors (Lipinski definition) is 2. The Kier molecular flexibility index (Phi) is 15.2. The summed E-state index contributed by atoms with van der Waals surface area (Å²) in [5, 5.41) is 5.47. The summed E-state index contributed by atoms with van der Waals surface area (Å²) in [5.74, 6) is -1.52. The molecule has 1 aromatic carbocycles. The lowest BCUT2D eigenvalue weighted by molar-refractivity contribution is -0.152. The number of likely N-dealkylation sites (tertiary alicyclic amines) is 1. The fourth-order valence-corrected chi connectivity index (χ4v) is 4.09. The predicted octanol–water partition coefficient (Wildman–Crippen LogP) is 0.204. The van der Waals surface area contributed by atoms with E-state index in [0.717, 1.165) is 10.5 Å². The Labute approximate surface area is 256 Å². The van der Waals surface area contributed by atoms with E-state index in [1.54, 1.807) is 12.1 Å². The van der Waals surface area contributed by atoms with E-state index in [4.69, 9.17) is 18.9 Å². The van der Waals surface area contributed by atoms with E-state index in [9.17, 15) is 28.8 Å². The number of aryl methyl sites for hydroxylation is 1. The minimum absolute atomic E-state index is 0.0379. The minimum atomic E-state index is -0.408. The number of benzene rings is 1. The number of anilines is 1. The highest BCUT2D eigenvalue weighted by atomic mass is 16.6. The molecule has 0 spiro atoms. The molecule has 0 bridgehead atoms. The third-order valence-electron chi connectivity index (χ3n) is 6.64. The molecule has 0 radical (unpaired) electrons. The fourth-order valence-electron chi connectivity index (χ4n) is 4.09. The van der Waals surface area contributed by atoms with Crippen LogP contribution in [-0.2, 0) is 54.1 Å². The van der Waals surface area contributed by atoms with Crippen LogP contribution in [0.4, 0.5) is 5.69 Å². The topological polar surface area (TPSA) is 170 Å². The van der Waals surface area contributed by atoms with E-state index >= 15 is 0 Å². The molecule has 6 amide bonds. The van der Waals surface area contributed by atoms with Gasteiger partial charge < -0.3 is 29.6 Å². The first-order valence-electron chi connectivity index (χ1n) is 14.7. The normalized spacial score (nSPS) is 14.2. The maximum absolute atomic E-state index is 12.1. The van der Waals surface area contributed by atoms with Crippen LogP contribution < -0.4 is 10.6 Å². The van der Waals surface area contributed by atoms with Gasteiger partial charge in [0.15, 0.2) is 0 Å². The van der Waals surface area contributed by atoms with Crippen LogP contribution >= 0.6 is 0 Å². The average Bonchev–Trinajstić information content (AvgIpc) is 3.33. The van der Waals surface area contributed by atoms with Gasteiger partial charge >= 0.3 is 0 Å². The van der Waals surface area contributed by atoms with Crippen LogP contribution in [0.15, 0.2) is 36.4 Å². The van der Waals surface area contributed by atoms with Crippen molar-refractivity contribution in [2.24, 2.45) is 0 Å². The quantitative estimate of drug-likeness (QED) is 0.104. The van der Waals surface area contributed by atoms with Crippen molar-refractivity contribution >= 4 is 41.1 Å². The van der Waals surface area contributed by atoms with Crippen molar-refractivity contribution in [1.82, 2.24) is 15.1 Å². The lowest BCUT2D eigenvalue weighted by Gasteiger charge is -2.28. The highest BCUT2D eigenvalue weighted by molar-refractivity contribution is 6.13. The Morgan fingerprint density at radius 1 is 0.705 bits per heavy atom. The van der Waals surface area contributed by atoms with Crippen molar-refractivity contribution < 1.29 is 47.7 Å². The number of nitrogens with zero attached hydrogens (tertiary/aromatic N) is 2. The molecule has 14 nitrogen and oxygen atoms in total. The van der Waals surface area contributed by atoms with E-state index < -0.39 is 11.8 Å². The molecule has 0 atom stereocenters. The molecule has 0 aliphatic carbocycles. The number of ether oxygens (including phenoxy) is 4. The number of imide groups is 2. The molecule has 0 unspecified atom stereocenters. The highest BCUT2D eigenvalue weighted by Gasteiger charge is 2.29. The molecular formula is C30H40N4O10. The number of hydrogen-bond acceptors (Lipinski definition) is 10. The predicted molar refractivity (Wildman–Crippen MR) is 156 cm³/mol. The Balaban J connectivity index is 1.05. The molecule has 1 aromatic rings. The van der Waals surface area contributed by atoms with E-state index in [-0.39, 0.29) is 56.0 Å². The van der Waals surface area contributed by atoms with Crippen LogP contribution in [0.2, 0.25) is 0 Å². The van der Waals surface area contributed by atoms with E-state index in [0.29, 0.717) is 77.9 Å². The van der Waals surface area contributed by atoms with Gasteiger partial charge in [-0.25, -0.2) is 0 Å². The zero-order chi connectivity index (χ0) is 31.6. The smallest absolute Gasteiger partial charge is 0.253 e. The molecule has 2 aliphatic rings. The van der Waals surface area contributed by atoms with Gasteiger partial charge in [-0.15, -0.1) is 0 Å². The molecule has 3 rings (SSSR count). The third-order valence-corrected chi connectivity index (χ3v) is 6.64. The van der Waals surface area contributed by atoms with Crippen LogP contribution in [-0.4, -0.2) is 118 Å². The summed E-state index contributed by atoms with van der Waals surface area (Å²) in [6.07, 6.45) is 3.86. The van der Waals surface area contributed by atoms with Gasteiger partial charge in [0.25, 0.3) is 11.8 Å². The van der Waals surface area contributed by atoms with Gasteiger partial charge in [0.05, 0.1) is 59.3 Å². The number of carbonyl (C=O) groups is 6. The number of rotatable bonds is 22. The van der Waals surface area contributed by atoms with E-state index in [2.05, 4.69) is 10.6 Å². The molecule has 1 saturated heterocycles. The van der Waals surface area contributed by atoms with Gasteiger partial charge in [-0.05, 0) is 24.1 Å². The Bertz CT molecular complexity index is 1150. The monoisotopic (exact) mass is 616 g/mol. The largest absolute Gasteiger partial charge is 0.379 e. The van der Waals surface area contributed by atoms with Crippen LogP contribution in [0.3, 0.4) is 0 Å². The summed E-state index contributed by atoms with van der Waals surface area (Å²) < 4.78 is 21.6. The van der Waals surface area contributed by atoms with Gasteiger partial charge in [0, 0.05) is 56.7 Å². The zero-order valence-corrected chi connectivity index (χ0v) is 24.8. The SMILES string of the molecule is O=C(CCN1C(=O)C=CC1=O)NCCOCCOCCOCCOCCC(=O)Nc1ccc(CCC(=O)N2CCC2=O)cc1. The van der Waals surface area contributed by atoms with Crippen LogP contribution in [0.5, 0.6) is 0 Å². The summed E-state index contributed by atoms with van der Waals surface area (Å²) >= 11 is 0. The summed E-state index contributed by atoms with van der Waals surface area (Å²) in [7, 11) is 0. The maximum Gasteiger partial charge on any atom is 0.253 e. The Morgan fingerprint density at radius 2 is 1.30 bits per heavy atom. The molecule has 2 heterocycles. The molecule has 14 heteroatoms. The second kappa shape index (κ2) is 19.3. The van der Waals surface area contributed by atoms with Crippen molar-refractivity contribution in [3.8, 4) is 0 Å². The second-order valence-electron chi connectivity index (χ2n) is 9.90. The molecule has 1 fully saturated rings. The second-order valence-corrected chi connectivity index (χ2v) is 9.90. The summed E-state index contributed by atoms with van der Waals surface area (Å²) in [4.78, 5) is 72.4. The summed E-state index contributed by atoms with van der Waals surface area (Å²) in [6.45, 7) is 3.66. The lowest BCUT2D eigenvalue weighted by Crippen LogP contribution is -2.47. The molecular weight excluding hydrogens is 576 g/mol. The first kappa shape index (κ1) is 34.5. The number of nitrogens with one attached hydrogen (secondary N) is 2. The first-order chi connectivity index (χ1) is 21.3. The van der Waals surface area contributed by atoms with Gasteiger partial charge in [0.2, 0.25) is 23.6 Å². The van der Waals surface area contributed by atoms with Gasteiger partial charge in [-0.1, -0.05) is 12.1 Å². The fraction of sp³-hybridized carbons (Fsp3) is 0.533. The van der Waals surface area contributed by atoms with Crippen molar-refractivity contribution in [2.75, 3.05) is 77.8 Å². The Morgan fingerprint density at radius 3 is 1.86 bits per heavy atom. The molecule has 240 valence electrons. The number of amides is 6. The van der Waals surface area contributed by atoms with Crippen molar-refractivity contribution in [1.29, 1.82) is 0 Å².